The van der Waals surface area contributed by atoms with Gasteiger partial charge in [0.2, 0.25) is 0 Å². The van der Waals surface area contributed by atoms with Gasteiger partial charge >= 0.3 is 0 Å². The van der Waals surface area contributed by atoms with Crippen molar-refractivity contribution in [3.05, 3.63) is 47.2 Å². The van der Waals surface area contributed by atoms with Crippen LogP contribution >= 0.6 is 0 Å². The number of methoxy groups -OCH3 is 1. The molecule has 0 fully saturated rings. The Kier molecular flexibility index (Phi) is 3.25. The van der Waals surface area contributed by atoms with Crippen LogP contribution in [0.5, 0.6) is 5.75 Å². The van der Waals surface area contributed by atoms with Gasteiger partial charge in [0, 0.05) is 0 Å². The smallest absolute Gasteiger partial charge is 0.118 e. The molecule has 1 aromatic rings. The van der Waals surface area contributed by atoms with E-state index in [2.05, 4.69) is 50.4 Å². The summed E-state index contributed by atoms with van der Waals surface area (Å²) in [4.78, 5) is 0. The van der Waals surface area contributed by atoms with Gasteiger partial charge in [0.25, 0.3) is 0 Å². The highest BCUT2D eigenvalue weighted by Gasteiger charge is 2.32. The molecule has 1 aromatic carbocycles. The number of ether oxygens (including phenoxy) is 1. The molecule has 0 saturated heterocycles. The molecular formula is C15H20OSi. The molecule has 0 atom stereocenters. The number of hydrogen-bond donors (Lipinski definition) is 0. The summed E-state index contributed by atoms with van der Waals surface area (Å²) >= 11 is 0. The van der Waals surface area contributed by atoms with E-state index in [4.69, 9.17) is 4.74 Å². The Balaban J connectivity index is 2.48. The third-order valence-corrected chi connectivity index (χ3v) is 7.57. The lowest BCUT2D eigenvalue weighted by atomic mass is 10.3. The van der Waals surface area contributed by atoms with Gasteiger partial charge in [0.05, 0.1) is 7.11 Å². The highest BCUT2D eigenvalue weighted by molar-refractivity contribution is 6.96. The minimum Gasteiger partial charge on any atom is -0.497 e. The van der Waals surface area contributed by atoms with Gasteiger partial charge in [0.1, 0.15) is 13.8 Å². The first-order valence-electron chi connectivity index (χ1n) is 6.07. The molecule has 0 radical (unpaired) electrons. The normalized spacial score (nSPS) is 15.5. The minimum absolute atomic E-state index is 1.04. The first kappa shape index (κ1) is 12.2. The van der Waals surface area contributed by atoms with Crippen LogP contribution < -0.4 is 9.92 Å². The lowest BCUT2D eigenvalue weighted by Gasteiger charge is -2.27. The minimum atomic E-state index is -1.58. The molecule has 2 rings (SSSR count). The Bertz CT molecular complexity index is 483. The third kappa shape index (κ3) is 2.09. The summed E-state index contributed by atoms with van der Waals surface area (Å²) in [5.74, 6) is 1.04. The molecule has 0 aromatic heterocycles. The van der Waals surface area contributed by atoms with Crippen molar-refractivity contribution >= 4 is 13.3 Å². The van der Waals surface area contributed by atoms with Crippen molar-refractivity contribution in [1.82, 2.24) is 0 Å². The predicted molar refractivity (Wildman–Crippen MR) is 76.6 cm³/mol. The highest BCUT2D eigenvalue weighted by atomic mass is 28.3. The molecule has 0 heterocycles. The largest absolute Gasteiger partial charge is 0.497 e. The maximum atomic E-state index is 5.52. The Morgan fingerprint density at radius 2 is 1.88 bits per heavy atom. The summed E-state index contributed by atoms with van der Waals surface area (Å²) < 4.78 is 5.52. The maximum Gasteiger partial charge on any atom is 0.118 e. The SMILES string of the molecule is COc1ccccc1[Si](C)(C)C1=C(C)C=CC1. The molecule has 0 N–H and O–H groups in total. The third-order valence-electron chi connectivity index (χ3n) is 3.70. The van der Waals surface area contributed by atoms with Crippen molar-refractivity contribution in [3.63, 3.8) is 0 Å². The average molecular weight is 244 g/mol. The molecule has 0 amide bonds. The van der Waals surface area contributed by atoms with Gasteiger partial charge in [-0.1, -0.05) is 54.2 Å². The van der Waals surface area contributed by atoms with Gasteiger partial charge in [0.15, 0.2) is 0 Å². The monoisotopic (exact) mass is 244 g/mol. The van der Waals surface area contributed by atoms with E-state index in [0.29, 0.717) is 0 Å². The molecule has 0 bridgehead atoms. The number of benzene rings is 1. The summed E-state index contributed by atoms with van der Waals surface area (Å²) in [6.07, 6.45) is 5.64. The molecule has 2 heteroatoms. The Morgan fingerprint density at radius 3 is 2.47 bits per heavy atom. The van der Waals surface area contributed by atoms with E-state index in [0.717, 1.165) is 12.2 Å². The molecule has 0 unspecified atom stereocenters. The van der Waals surface area contributed by atoms with Crippen molar-refractivity contribution in [2.75, 3.05) is 7.11 Å². The van der Waals surface area contributed by atoms with E-state index >= 15 is 0 Å². The van der Waals surface area contributed by atoms with Crippen LogP contribution in [0.25, 0.3) is 0 Å². The van der Waals surface area contributed by atoms with Crippen molar-refractivity contribution in [1.29, 1.82) is 0 Å². The first-order chi connectivity index (χ1) is 8.07. The first-order valence-corrected chi connectivity index (χ1v) is 9.07. The second kappa shape index (κ2) is 4.53. The van der Waals surface area contributed by atoms with Crippen molar-refractivity contribution in [3.8, 4) is 5.75 Å². The fraction of sp³-hybridized carbons (Fsp3) is 0.333. The summed E-state index contributed by atoms with van der Waals surface area (Å²) in [5, 5.41) is 3.03. The van der Waals surface area contributed by atoms with Crippen LogP contribution in [0.15, 0.2) is 47.2 Å². The van der Waals surface area contributed by atoms with E-state index in [1.807, 2.05) is 6.07 Å². The number of para-hydroxylation sites is 1. The van der Waals surface area contributed by atoms with E-state index in [1.54, 1.807) is 12.3 Å². The maximum absolute atomic E-state index is 5.52. The lowest BCUT2D eigenvalue weighted by Crippen LogP contribution is -2.44. The summed E-state index contributed by atoms with van der Waals surface area (Å²) in [6, 6.07) is 8.46. The Morgan fingerprint density at radius 1 is 1.18 bits per heavy atom. The van der Waals surface area contributed by atoms with E-state index in [-0.39, 0.29) is 0 Å². The fourth-order valence-corrected chi connectivity index (χ4v) is 6.02. The van der Waals surface area contributed by atoms with E-state index in [1.165, 1.54) is 10.8 Å². The number of hydrogen-bond acceptors (Lipinski definition) is 1. The molecular weight excluding hydrogens is 224 g/mol. The van der Waals surface area contributed by atoms with Crippen molar-refractivity contribution in [2.24, 2.45) is 0 Å². The Hall–Kier alpha value is -1.28. The summed E-state index contributed by atoms with van der Waals surface area (Å²) in [5.41, 5.74) is 1.45. The summed E-state index contributed by atoms with van der Waals surface area (Å²) in [6.45, 7) is 7.05. The molecule has 1 nitrogen and oxygen atoms in total. The highest BCUT2D eigenvalue weighted by Crippen LogP contribution is 2.29. The zero-order valence-electron chi connectivity index (χ0n) is 11.1. The quantitative estimate of drug-likeness (QED) is 0.740. The predicted octanol–water partition coefficient (Wildman–Crippen LogP) is 3.43. The molecule has 90 valence electrons. The zero-order chi connectivity index (χ0) is 12.5. The van der Waals surface area contributed by atoms with Crippen molar-refractivity contribution in [2.45, 2.75) is 26.4 Å². The molecule has 1 aliphatic rings. The van der Waals surface area contributed by atoms with Gasteiger partial charge in [-0.15, -0.1) is 0 Å². The van der Waals surface area contributed by atoms with Gasteiger partial charge in [-0.05, 0) is 24.6 Å². The van der Waals surface area contributed by atoms with Gasteiger partial charge in [-0.2, -0.15) is 0 Å². The molecule has 17 heavy (non-hydrogen) atoms. The molecule has 0 spiro atoms. The van der Waals surface area contributed by atoms with Crippen LogP contribution in [0.3, 0.4) is 0 Å². The fourth-order valence-electron chi connectivity index (χ4n) is 2.69. The standard InChI is InChI=1S/C15H20OSi/c1-12-8-7-11-14(12)17(3,4)15-10-6-5-9-13(15)16-2/h5-10H,11H2,1-4H3. The summed E-state index contributed by atoms with van der Waals surface area (Å²) in [7, 11) is 0.179. The van der Waals surface area contributed by atoms with Crippen LogP contribution in [0.2, 0.25) is 13.1 Å². The van der Waals surface area contributed by atoms with Gasteiger partial charge < -0.3 is 4.74 Å². The lowest BCUT2D eigenvalue weighted by molar-refractivity contribution is 0.418. The van der Waals surface area contributed by atoms with Crippen LogP contribution in [0, 0.1) is 0 Å². The molecule has 1 aliphatic carbocycles. The van der Waals surface area contributed by atoms with Gasteiger partial charge in [-0.25, -0.2) is 0 Å². The van der Waals surface area contributed by atoms with Gasteiger partial charge in [-0.3, -0.25) is 0 Å². The number of rotatable bonds is 3. The topological polar surface area (TPSA) is 9.23 Å². The van der Waals surface area contributed by atoms with E-state index in [9.17, 15) is 0 Å². The van der Waals surface area contributed by atoms with Crippen LogP contribution in [0.1, 0.15) is 13.3 Å². The molecule has 0 aliphatic heterocycles. The van der Waals surface area contributed by atoms with Crippen LogP contribution in [-0.4, -0.2) is 15.2 Å². The average Bonchev–Trinajstić information content (AvgIpc) is 2.76. The second-order valence-corrected chi connectivity index (χ2v) is 9.49. The van der Waals surface area contributed by atoms with Crippen LogP contribution in [0.4, 0.5) is 0 Å². The molecule has 0 saturated carbocycles. The Labute approximate surface area is 105 Å². The zero-order valence-corrected chi connectivity index (χ0v) is 12.1. The second-order valence-electron chi connectivity index (χ2n) is 5.09. The number of allylic oxidation sites excluding steroid dienone is 4. The van der Waals surface area contributed by atoms with Crippen molar-refractivity contribution < 1.29 is 4.74 Å². The van der Waals surface area contributed by atoms with E-state index < -0.39 is 8.07 Å². The van der Waals surface area contributed by atoms with Crippen LogP contribution in [-0.2, 0) is 0 Å².